The van der Waals surface area contributed by atoms with Crippen molar-refractivity contribution in [3.05, 3.63) is 206 Å². The van der Waals surface area contributed by atoms with Crippen molar-refractivity contribution in [1.82, 2.24) is 0 Å². The lowest BCUT2D eigenvalue weighted by Gasteiger charge is -2.49. The Morgan fingerprint density at radius 3 is 1.16 bits per heavy atom. The Bertz CT molecular complexity index is 3140. The summed E-state index contributed by atoms with van der Waals surface area (Å²) in [6.45, 7) is 0.0344. The van der Waals surface area contributed by atoms with E-state index in [4.69, 9.17) is 0 Å². The van der Waals surface area contributed by atoms with Gasteiger partial charge in [0.1, 0.15) is 0 Å². The Hall–Kier alpha value is -7.29. The van der Waals surface area contributed by atoms with Crippen LogP contribution in [0.4, 0.5) is 22.7 Å². The van der Waals surface area contributed by atoms with Crippen molar-refractivity contribution < 1.29 is 0 Å². The summed E-state index contributed by atoms with van der Waals surface area (Å²) in [6, 6.07) is 77.0. The average molecular weight is 733 g/mol. The molecule has 13 rings (SSSR count). The smallest absolute Gasteiger partial charge is 0.329 e. The predicted molar refractivity (Wildman–Crippen MR) is 246 cm³/mol. The first-order valence-electron chi connectivity index (χ1n) is 20.3. The largest absolute Gasteiger partial charge is 0.376 e. The minimum Gasteiger partial charge on any atom is -0.376 e. The second kappa shape index (κ2) is 12.1. The Labute approximate surface area is 339 Å². The molecule has 0 spiro atoms. The molecule has 9 aromatic rings. The zero-order valence-electron chi connectivity index (χ0n) is 31.7. The fourth-order valence-electron chi connectivity index (χ4n) is 10.6. The molecule has 0 aliphatic carbocycles. The van der Waals surface area contributed by atoms with Gasteiger partial charge in [0.25, 0.3) is 0 Å². The molecular formula is C54H34B2N2. The van der Waals surface area contributed by atoms with Crippen molar-refractivity contribution in [3.8, 4) is 66.8 Å². The van der Waals surface area contributed by atoms with Gasteiger partial charge >= 0.3 is 13.7 Å². The molecule has 0 N–H and O–H groups in total. The van der Waals surface area contributed by atoms with Crippen molar-refractivity contribution in [3.63, 3.8) is 0 Å². The van der Waals surface area contributed by atoms with E-state index in [2.05, 4.69) is 216 Å². The normalized spacial score (nSPS) is 13.4. The lowest BCUT2D eigenvalue weighted by Crippen LogP contribution is -2.65. The average Bonchev–Trinajstić information content (AvgIpc) is 3.31. The van der Waals surface area contributed by atoms with Crippen LogP contribution in [0.1, 0.15) is 0 Å². The van der Waals surface area contributed by atoms with Crippen LogP contribution in [0, 0.1) is 0 Å². The van der Waals surface area contributed by atoms with Gasteiger partial charge in [-0.05, 0) is 109 Å². The van der Waals surface area contributed by atoms with E-state index in [-0.39, 0.29) is 13.7 Å². The third-order valence-electron chi connectivity index (χ3n) is 13.0. The minimum absolute atomic E-state index is 0.00107. The van der Waals surface area contributed by atoms with Crippen LogP contribution in [-0.4, -0.2) is 13.7 Å². The highest BCUT2D eigenvalue weighted by Gasteiger charge is 2.49. The zero-order chi connectivity index (χ0) is 37.9. The van der Waals surface area contributed by atoms with Crippen LogP contribution in [0.2, 0.25) is 0 Å². The summed E-state index contributed by atoms with van der Waals surface area (Å²) in [5.41, 5.74) is 25.7. The van der Waals surface area contributed by atoms with Crippen molar-refractivity contribution in [2.45, 2.75) is 0 Å². The van der Waals surface area contributed by atoms with Gasteiger partial charge in [-0.25, -0.2) is 0 Å². The van der Waals surface area contributed by atoms with Gasteiger partial charge < -0.3 is 9.62 Å². The van der Waals surface area contributed by atoms with E-state index in [1.165, 1.54) is 111 Å². The summed E-state index contributed by atoms with van der Waals surface area (Å²) in [6.07, 6.45) is 0. The monoisotopic (exact) mass is 732 g/mol. The lowest BCUT2D eigenvalue weighted by atomic mass is 9.38. The third-order valence-corrected chi connectivity index (χ3v) is 13.0. The molecular weight excluding hydrogens is 698 g/mol. The Morgan fingerprint density at radius 1 is 0.241 bits per heavy atom. The second-order valence-corrected chi connectivity index (χ2v) is 16.0. The molecule has 9 aromatic carbocycles. The van der Waals surface area contributed by atoms with Crippen LogP contribution in [0.5, 0.6) is 0 Å². The molecule has 0 saturated carbocycles. The first kappa shape index (κ1) is 31.9. The minimum atomic E-state index is 0.00107. The fourth-order valence-corrected chi connectivity index (χ4v) is 10.6. The maximum absolute atomic E-state index is 2.66. The van der Waals surface area contributed by atoms with Crippen LogP contribution < -0.4 is 31.5 Å². The van der Waals surface area contributed by atoms with E-state index >= 15 is 0 Å². The van der Waals surface area contributed by atoms with E-state index < -0.39 is 0 Å². The number of hydrogen-bond acceptors (Lipinski definition) is 2. The maximum atomic E-state index is 2.66. The summed E-state index contributed by atoms with van der Waals surface area (Å²) in [5, 5.41) is 0. The van der Waals surface area contributed by atoms with E-state index in [0.29, 0.717) is 0 Å². The van der Waals surface area contributed by atoms with Gasteiger partial charge in [0.15, 0.2) is 0 Å². The van der Waals surface area contributed by atoms with Crippen molar-refractivity contribution in [1.29, 1.82) is 0 Å². The molecule has 0 saturated heterocycles. The highest BCUT2D eigenvalue weighted by atomic mass is 15.1. The lowest BCUT2D eigenvalue weighted by molar-refractivity contribution is 1.31. The van der Waals surface area contributed by atoms with Crippen molar-refractivity contribution in [2.24, 2.45) is 0 Å². The summed E-state index contributed by atoms with van der Waals surface area (Å²) in [5.74, 6) is 0. The van der Waals surface area contributed by atoms with Crippen molar-refractivity contribution >= 4 is 58.3 Å². The van der Waals surface area contributed by atoms with Gasteiger partial charge in [-0.15, -0.1) is 0 Å². The number of fused-ring (bicyclic) bond motifs is 16. The topological polar surface area (TPSA) is 6.48 Å². The van der Waals surface area contributed by atoms with Crippen molar-refractivity contribution in [2.75, 3.05) is 9.62 Å². The highest BCUT2D eigenvalue weighted by Crippen LogP contribution is 2.53. The number of anilines is 4. The molecule has 58 heavy (non-hydrogen) atoms. The molecule has 0 bridgehead atoms. The molecule has 0 unspecified atom stereocenters. The van der Waals surface area contributed by atoms with E-state index in [1.54, 1.807) is 0 Å². The highest BCUT2D eigenvalue weighted by molar-refractivity contribution is 6.96. The van der Waals surface area contributed by atoms with Gasteiger partial charge in [-0.3, -0.25) is 0 Å². The molecule has 4 aliphatic heterocycles. The number of hydrogen-bond donors (Lipinski definition) is 0. The van der Waals surface area contributed by atoms with Gasteiger partial charge in [-0.1, -0.05) is 164 Å². The molecule has 0 atom stereocenters. The quantitative estimate of drug-likeness (QED) is 0.167. The van der Waals surface area contributed by atoms with E-state index in [9.17, 15) is 0 Å². The van der Waals surface area contributed by atoms with E-state index in [1.807, 2.05) is 0 Å². The Morgan fingerprint density at radius 2 is 0.638 bits per heavy atom. The Balaban J connectivity index is 1.07. The van der Waals surface area contributed by atoms with Gasteiger partial charge in [0.2, 0.25) is 0 Å². The van der Waals surface area contributed by atoms with Crippen LogP contribution in [0.25, 0.3) is 66.8 Å². The van der Waals surface area contributed by atoms with Gasteiger partial charge in [0, 0.05) is 45.0 Å². The molecule has 4 aliphatic rings. The first-order valence-corrected chi connectivity index (χ1v) is 20.3. The maximum Gasteiger partial charge on any atom is 0.329 e. The summed E-state index contributed by atoms with van der Waals surface area (Å²) in [7, 11) is 0. The van der Waals surface area contributed by atoms with Crippen LogP contribution in [0.3, 0.4) is 0 Å². The van der Waals surface area contributed by atoms with Crippen LogP contribution in [0.15, 0.2) is 206 Å². The molecule has 4 heterocycles. The predicted octanol–water partition coefficient (Wildman–Crippen LogP) is 10.8. The van der Waals surface area contributed by atoms with Crippen LogP contribution in [-0.2, 0) is 0 Å². The SMILES string of the molecule is c1ccc(-c2ccc3c(c2)-c2cc(-c4ccccc4)ccc2N2B3c3cccc4c3-c3c(cccc32)B2c3ccccc3-c3cc(-c5ccccc5)ccc3N24)cc1. The Kier molecular flexibility index (Phi) is 6.65. The fraction of sp³-hybridized carbons (Fsp3) is 0. The second-order valence-electron chi connectivity index (χ2n) is 16.0. The molecule has 4 heteroatoms. The summed E-state index contributed by atoms with van der Waals surface area (Å²) >= 11 is 0. The molecule has 266 valence electrons. The van der Waals surface area contributed by atoms with Gasteiger partial charge in [0.05, 0.1) is 0 Å². The number of nitrogens with zero attached hydrogens (tertiary/aromatic N) is 2. The molecule has 0 fully saturated rings. The third kappa shape index (κ3) is 4.40. The first-order chi connectivity index (χ1) is 28.8. The molecule has 0 amide bonds. The number of rotatable bonds is 3. The molecule has 0 radical (unpaired) electrons. The van der Waals surface area contributed by atoms with Crippen LogP contribution >= 0.6 is 0 Å². The number of benzene rings is 9. The standard InChI is InChI=1S/C54H34B2N2/c1-4-14-35(15-5-1)38-26-29-46-42(32-38)44-34-40(37-18-8-3-9-19-37)28-31-50(44)58-52-25-12-22-47-53(52)54-48(56(46)58)23-13-24-51(54)57-49-30-27-39(36-16-6-2-7-17-36)33-43(49)41-20-10-11-21-45(41)55(47)57/h1-34H. The zero-order valence-corrected chi connectivity index (χ0v) is 31.7. The van der Waals surface area contributed by atoms with E-state index in [0.717, 1.165) is 0 Å². The van der Waals surface area contributed by atoms with Gasteiger partial charge in [-0.2, -0.15) is 0 Å². The summed E-state index contributed by atoms with van der Waals surface area (Å²) < 4.78 is 0. The molecule has 2 nitrogen and oxygen atoms in total. The molecule has 0 aromatic heterocycles. The summed E-state index contributed by atoms with van der Waals surface area (Å²) in [4.78, 5) is 5.30.